The van der Waals surface area contributed by atoms with Gasteiger partial charge in [0.2, 0.25) is 9.03 Å². The summed E-state index contributed by atoms with van der Waals surface area (Å²) < 4.78 is 3.04. The number of hydrogen-bond donors (Lipinski definition) is 1. The molecule has 1 saturated carbocycles. The number of alkyl halides is 3. The number of carbonyl (C=O) groups is 2. The Morgan fingerprint density at radius 3 is 2.30 bits per heavy atom. The van der Waals surface area contributed by atoms with E-state index in [1.165, 1.54) is 6.42 Å². The molecular weight excluding hydrogens is 348 g/mol. The minimum absolute atomic E-state index is 0.393. The first kappa shape index (κ1) is 18.1. The van der Waals surface area contributed by atoms with Gasteiger partial charge in [-0.25, -0.2) is 4.79 Å². The summed E-state index contributed by atoms with van der Waals surface area (Å²) in [4.78, 5) is 22.9. The van der Waals surface area contributed by atoms with Gasteiger partial charge in [-0.3, -0.25) is 4.79 Å². The van der Waals surface area contributed by atoms with Gasteiger partial charge in [-0.15, -0.1) is 0 Å². The van der Waals surface area contributed by atoms with E-state index in [0.717, 1.165) is 25.7 Å². The molecule has 1 aliphatic rings. The van der Waals surface area contributed by atoms with Gasteiger partial charge in [0.1, 0.15) is 12.6 Å². The SMILES string of the molecule is O=C(N[C@H](CC1CCCCC1)C(=O)Cl)OCC(Cl)(Cl)Cl. The molecule has 1 atom stereocenters. The van der Waals surface area contributed by atoms with Gasteiger partial charge in [0.15, 0.2) is 0 Å². The molecule has 1 fully saturated rings. The molecule has 0 aromatic heterocycles. The molecule has 20 heavy (non-hydrogen) atoms. The summed E-state index contributed by atoms with van der Waals surface area (Å²) >= 11 is 21.9. The van der Waals surface area contributed by atoms with Crippen LogP contribution in [0.2, 0.25) is 0 Å². The van der Waals surface area contributed by atoms with Gasteiger partial charge in [0.05, 0.1) is 0 Å². The van der Waals surface area contributed by atoms with E-state index >= 15 is 0 Å². The Morgan fingerprint density at radius 1 is 1.20 bits per heavy atom. The molecule has 0 radical (unpaired) electrons. The van der Waals surface area contributed by atoms with Crippen LogP contribution >= 0.6 is 46.4 Å². The number of hydrogen-bond acceptors (Lipinski definition) is 3. The lowest BCUT2D eigenvalue weighted by atomic mass is 9.85. The topological polar surface area (TPSA) is 55.4 Å². The highest BCUT2D eigenvalue weighted by molar-refractivity contribution is 6.67. The monoisotopic (exact) mass is 363 g/mol. The molecule has 0 aliphatic heterocycles. The highest BCUT2D eigenvalue weighted by Gasteiger charge is 2.27. The molecule has 0 bridgehead atoms. The number of halogens is 4. The maximum atomic E-state index is 11.5. The number of nitrogens with one attached hydrogen (secondary N) is 1. The lowest BCUT2D eigenvalue weighted by Crippen LogP contribution is -2.41. The van der Waals surface area contributed by atoms with E-state index in [1.807, 2.05) is 0 Å². The second-order valence-electron chi connectivity index (χ2n) is 4.93. The Kier molecular flexibility index (Phi) is 7.73. The van der Waals surface area contributed by atoms with E-state index in [2.05, 4.69) is 5.32 Å². The minimum Gasteiger partial charge on any atom is -0.445 e. The van der Waals surface area contributed by atoms with Crippen molar-refractivity contribution in [2.24, 2.45) is 5.92 Å². The third kappa shape index (κ3) is 7.77. The molecule has 0 aromatic carbocycles. The maximum absolute atomic E-state index is 11.5. The van der Waals surface area contributed by atoms with Crippen LogP contribution in [0.25, 0.3) is 0 Å². The van der Waals surface area contributed by atoms with E-state index in [4.69, 9.17) is 51.1 Å². The third-order valence-electron chi connectivity index (χ3n) is 3.23. The van der Waals surface area contributed by atoms with Crippen molar-refractivity contribution in [1.82, 2.24) is 5.32 Å². The number of carbonyl (C=O) groups excluding carboxylic acids is 2. The first-order valence-electron chi connectivity index (χ1n) is 6.47. The second kappa shape index (κ2) is 8.52. The second-order valence-corrected chi connectivity index (χ2v) is 7.82. The van der Waals surface area contributed by atoms with Crippen molar-refractivity contribution in [2.45, 2.75) is 48.4 Å². The van der Waals surface area contributed by atoms with Crippen molar-refractivity contribution in [2.75, 3.05) is 6.61 Å². The average molecular weight is 365 g/mol. The van der Waals surface area contributed by atoms with E-state index in [9.17, 15) is 9.59 Å². The Balaban J connectivity index is 2.41. The van der Waals surface area contributed by atoms with Gasteiger partial charge in [0, 0.05) is 0 Å². The van der Waals surface area contributed by atoms with Crippen LogP contribution in [-0.4, -0.2) is 27.8 Å². The lowest BCUT2D eigenvalue weighted by Gasteiger charge is -2.25. The first-order valence-corrected chi connectivity index (χ1v) is 7.98. The van der Waals surface area contributed by atoms with Gasteiger partial charge >= 0.3 is 6.09 Å². The van der Waals surface area contributed by atoms with Crippen molar-refractivity contribution >= 4 is 57.7 Å². The maximum Gasteiger partial charge on any atom is 0.407 e. The normalized spacial score (nSPS) is 18.4. The van der Waals surface area contributed by atoms with Crippen molar-refractivity contribution < 1.29 is 14.3 Å². The standard InChI is InChI=1S/C12H17Cl4NO3/c13-10(18)9(6-8-4-2-1-3-5-8)17-11(19)20-7-12(14,15)16/h8-9H,1-7H2,(H,17,19)/t9-/m1/s1. The van der Waals surface area contributed by atoms with Crippen LogP contribution in [0.1, 0.15) is 38.5 Å². The van der Waals surface area contributed by atoms with Crippen molar-refractivity contribution in [1.29, 1.82) is 0 Å². The largest absolute Gasteiger partial charge is 0.445 e. The zero-order chi connectivity index (χ0) is 15.2. The first-order chi connectivity index (χ1) is 9.28. The van der Waals surface area contributed by atoms with Crippen LogP contribution in [0, 0.1) is 5.92 Å². The predicted molar refractivity (Wildman–Crippen MR) is 80.6 cm³/mol. The Hall–Kier alpha value is 0.1000. The lowest BCUT2D eigenvalue weighted by molar-refractivity contribution is -0.113. The highest BCUT2D eigenvalue weighted by Crippen LogP contribution is 2.28. The molecule has 1 amide bonds. The predicted octanol–water partition coefficient (Wildman–Crippen LogP) is 4.19. The Labute approximate surface area is 138 Å². The zero-order valence-electron chi connectivity index (χ0n) is 10.8. The molecule has 0 saturated heterocycles. The Bertz CT molecular complexity index is 340. The van der Waals surface area contributed by atoms with E-state index in [-0.39, 0.29) is 0 Å². The van der Waals surface area contributed by atoms with Crippen LogP contribution in [0.5, 0.6) is 0 Å². The van der Waals surface area contributed by atoms with Crippen LogP contribution in [0.4, 0.5) is 4.79 Å². The fraction of sp³-hybridized carbons (Fsp3) is 0.833. The van der Waals surface area contributed by atoms with Crippen LogP contribution in [0.15, 0.2) is 0 Å². The van der Waals surface area contributed by atoms with Crippen molar-refractivity contribution in [3.8, 4) is 0 Å². The van der Waals surface area contributed by atoms with Crippen LogP contribution in [-0.2, 0) is 9.53 Å². The molecule has 4 nitrogen and oxygen atoms in total. The number of alkyl carbamates (subject to hydrolysis) is 1. The molecule has 1 N–H and O–H groups in total. The molecule has 0 heterocycles. The molecule has 1 rings (SSSR count). The summed E-state index contributed by atoms with van der Waals surface area (Å²) in [6, 6.07) is -0.761. The summed E-state index contributed by atoms with van der Waals surface area (Å²) in [6.07, 6.45) is 5.31. The van der Waals surface area contributed by atoms with Gasteiger partial charge in [-0.2, -0.15) is 0 Å². The number of amides is 1. The summed E-state index contributed by atoms with van der Waals surface area (Å²) in [5.41, 5.74) is 0. The summed E-state index contributed by atoms with van der Waals surface area (Å²) in [6.45, 7) is -0.393. The van der Waals surface area contributed by atoms with Gasteiger partial charge in [-0.1, -0.05) is 66.9 Å². The quantitative estimate of drug-likeness (QED) is 0.587. The molecule has 0 unspecified atom stereocenters. The highest BCUT2D eigenvalue weighted by atomic mass is 35.6. The summed E-state index contributed by atoms with van der Waals surface area (Å²) in [5, 5.41) is 1.81. The van der Waals surface area contributed by atoms with Gasteiger partial charge in [0.25, 0.3) is 0 Å². The van der Waals surface area contributed by atoms with E-state index in [1.54, 1.807) is 0 Å². The molecular formula is C12H17Cl4NO3. The summed E-state index contributed by atoms with van der Waals surface area (Å²) in [7, 11) is 0. The number of rotatable bonds is 5. The average Bonchev–Trinajstić information content (AvgIpc) is 2.36. The fourth-order valence-electron chi connectivity index (χ4n) is 2.30. The van der Waals surface area contributed by atoms with E-state index in [0.29, 0.717) is 12.3 Å². The molecule has 8 heteroatoms. The van der Waals surface area contributed by atoms with Crippen LogP contribution in [0.3, 0.4) is 0 Å². The van der Waals surface area contributed by atoms with Crippen molar-refractivity contribution in [3.05, 3.63) is 0 Å². The molecule has 0 spiro atoms. The molecule has 0 aromatic rings. The zero-order valence-corrected chi connectivity index (χ0v) is 13.9. The molecule has 1 aliphatic carbocycles. The summed E-state index contributed by atoms with van der Waals surface area (Å²) in [5.74, 6) is 0.393. The van der Waals surface area contributed by atoms with Crippen LogP contribution < -0.4 is 5.32 Å². The van der Waals surface area contributed by atoms with Gasteiger partial charge in [-0.05, 0) is 23.9 Å². The van der Waals surface area contributed by atoms with Crippen molar-refractivity contribution in [3.63, 3.8) is 0 Å². The number of ether oxygens (including phenoxy) is 1. The smallest absolute Gasteiger partial charge is 0.407 e. The Morgan fingerprint density at radius 2 is 1.80 bits per heavy atom. The molecule has 116 valence electrons. The van der Waals surface area contributed by atoms with Gasteiger partial charge < -0.3 is 10.1 Å². The fourth-order valence-corrected chi connectivity index (χ4v) is 2.60. The minimum atomic E-state index is -1.68. The third-order valence-corrected chi connectivity index (χ3v) is 3.82. The van der Waals surface area contributed by atoms with E-state index < -0.39 is 27.8 Å².